The van der Waals surface area contributed by atoms with Gasteiger partial charge < -0.3 is 26.4 Å². The van der Waals surface area contributed by atoms with Crippen LogP contribution < -0.4 is 11.5 Å². The summed E-state index contributed by atoms with van der Waals surface area (Å²) in [5, 5.41) is 7.75. The third-order valence-corrected chi connectivity index (χ3v) is 3.19. The average molecular weight is 342 g/mol. The molecule has 0 aromatic heterocycles. The number of nitrogens with zero attached hydrogens (tertiary/aromatic N) is 2. The SMILES string of the molecule is C=CC(=O)N1CCN(C(=O)C=C)CC1.CCCCCN.NCCO. The molecule has 1 rings (SSSR count). The van der Waals surface area contributed by atoms with Crippen molar-refractivity contribution in [2.45, 2.75) is 26.2 Å². The molecule has 1 saturated heterocycles. The molecule has 1 aliphatic heterocycles. The predicted octanol–water partition coefficient (Wildman–Crippen LogP) is 0.102. The standard InChI is InChI=1S/C10H14N2O2.C5H13N.C2H7NO/c1-3-9(13)11-5-7-12(8-6-11)10(14)4-2;1-2-3-4-5-6;3-1-2-4/h3-4H,1-2,5-8H2;2-6H2,1H3;4H,1-3H2. The van der Waals surface area contributed by atoms with E-state index < -0.39 is 0 Å². The second kappa shape index (κ2) is 17.7. The molecule has 0 spiro atoms. The van der Waals surface area contributed by atoms with Crippen LogP contribution >= 0.6 is 0 Å². The zero-order valence-corrected chi connectivity index (χ0v) is 15.0. The summed E-state index contributed by atoms with van der Waals surface area (Å²) in [6, 6.07) is 0. The number of rotatable bonds is 6. The van der Waals surface area contributed by atoms with Gasteiger partial charge in [0.05, 0.1) is 6.61 Å². The molecule has 1 heterocycles. The van der Waals surface area contributed by atoms with Crippen LogP contribution in [0.1, 0.15) is 26.2 Å². The van der Waals surface area contributed by atoms with Crippen molar-refractivity contribution in [3.8, 4) is 0 Å². The normalized spacial score (nSPS) is 13.0. The highest BCUT2D eigenvalue weighted by Gasteiger charge is 2.20. The molecule has 0 aliphatic carbocycles. The molecule has 7 heteroatoms. The van der Waals surface area contributed by atoms with Crippen LogP contribution in [-0.4, -0.2) is 72.6 Å². The van der Waals surface area contributed by atoms with E-state index in [-0.39, 0.29) is 18.4 Å². The molecule has 2 amide bonds. The smallest absolute Gasteiger partial charge is 0.246 e. The Kier molecular flexibility index (Phi) is 18.1. The molecule has 0 aromatic rings. The van der Waals surface area contributed by atoms with Crippen molar-refractivity contribution in [1.82, 2.24) is 9.80 Å². The number of unbranched alkanes of at least 4 members (excludes halogenated alkanes) is 2. The molecular weight excluding hydrogens is 308 g/mol. The summed E-state index contributed by atoms with van der Waals surface area (Å²) in [5.41, 5.74) is 9.99. The number of aliphatic hydroxyl groups is 1. The van der Waals surface area contributed by atoms with E-state index in [4.69, 9.17) is 16.6 Å². The number of hydrogen-bond donors (Lipinski definition) is 3. The first-order valence-corrected chi connectivity index (χ1v) is 8.35. The number of hydrogen-bond acceptors (Lipinski definition) is 5. The van der Waals surface area contributed by atoms with Gasteiger partial charge in [0.2, 0.25) is 11.8 Å². The van der Waals surface area contributed by atoms with Crippen LogP contribution in [0.3, 0.4) is 0 Å². The highest BCUT2D eigenvalue weighted by atomic mass is 16.3. The Morgan fingerprint density at radius 2 is 1.33 bits per heavy atom. The maximum Gasteiger partial charge on any atom is 0.246 e. The van der Waals surface area contributed by atoms with Crippen LogP contribution in [0, 0.1) is 0 Å². The first-order valence-electron chi connectivity index (χ1n) is 8.35. The van der Waals surface area contributed by atoms with E-state index in [1.165, 1.54) is 31.4 Å². The van der Waals surface area contributed by atoms with Crippen LogP contribution in [0.4, 0.5) is 0 Å². The van der Waals surface area contributed by atoms with E-state index in [2.05, 4.69) is 20.1 Å². The highest BCUT2D eigenvalue weighted by Crippen LogP contribution is 2.02. The molecule has 24 heavy (non-hydrogen) atoms. The van der Waals surface area contributed by atoms with E-state index in [0.717, 1.165) is 6.54 Å². The number of aliphatic hydroxyl groups excluding tert-OH is 1. The minimum atomic E-state index is -0.0734. The summed E-state index contributed by atoms with van der Waals surface area (Å²) in [7, 11) is 0. The predicted molar refractivity (Wildman–Crippen MR) is 98.3 cm³/mol. The number of carbonyl (C=O) groups is 2. The summed E-state index contributed by atoms with van der Waals surface area (Å²) in [4.78, 5) is 25.8. The third kappa shape index (κ3) is 12.8. The third-order valence-electron chi connectivity index (χ3n) is 3.19. The van der Waals surface area contributed by atoms with Crippen molar-refractivity contribution < 1.29 is 14.7 Å². The van der Waals surface area contributed by atoms with Gasteiger partial charge in [-0.25, -0.2) is 0 Å². The zero-order valence-electron chi connectivity index (χ0n) is 15.0. The number of carbonyl (C=O) groups excluding carboxylic acids is 2. The van der Waals surface area contributed by atoms with Crippen LogP contribution in [0.2, 0.25) is 0 Å². The van der Waals surface area contributed by atoms with E-state index in [1.807, 2.05) is 0 Å². The van der Waals surface area contributed by atoms with Crippen molar-refractivity contribution in [3.05, 3.63) is 25.3 Å². The molecule has 0 bridgehead atoms. The van der Waals surface area contributed by atoms with Crippen molar-refractivity contribution in [1.29, 1.82) is 0 Å². The molecule has 7 nitrogen and oxygen atoms in total. The fourth-order valence-corrected chi connectivity index (χ4v) is 1.80. The van der Waals surface area contributed by atoms with Crippen LogP contribution in [0.5, 0.6) is 0 Å². The average Bonchev–Trinajstić information content (AvgIpc) is 2.65. The van der Waals surface area contributed by atoms with E-state index in [9.17, 15) is 9.59 Å². The van der Waals surface area contributed by atoms with Gasteiger partial charge in [-0.15, -0.1) is 0 Å². The van der Waals surface area contributed by atoms with E-state index in [1.54, 1.807) is 9.80 Å². The van der Waals surface area contributed by atoms with Gasteiger partial charge in [-0.2, -0.15) is 0 Å². The van der Waals surface area contributed by atoms with Crippen LogP contribution in [-0.2, 0) is 9.59 Å². The van der Waals surface area contributed by atoms with Crippen molar-refractivity contribution in [2.24, 2.45) is 11.5 Å². The molecule has 0 atom stereocenters. The number of nitrogens with two attached hydrogens (primary N) is 2. The van der Waals surface area contributed by atoms with Crippen LogP contribution in [0.15, 0.2) is 25.3 Å². The molecule has 0 saturated carbocycles. The summed E-state index contributed by atoms with van der Waals surface area (Å²) in [6.45, 7) is 12.6. The lowest BCUT2D eigenvalue weighted by Gasteiger charge is -2.33. The van der Waals surface area contributed by atoms with Gasteiger partial charge in [-0.05, 0) is 25.1 Å². The Morgan fingerprint density at radius 1 is 0.958 bits per heavy atom. The van der Waals surface area contributed by atoms with E-state index in [0.29, 0.717) is 32.7 Å². The highest BCUT2D eigenvalue weighted by molar-refractivity contribution is 5.88. The molecule has 0 radical (unpaired) electrons. The van der Waals surface area contributed by atoms with Gasteiger partial charge in [0.15, 0.2) is 0 Å². The maximum atomic E-state index is 11.2. The monoisotopic (exact) mass is 342 g/mol. The Hall–Kier alpha value is -1.70. The van der Waals surface area contributed by atoms with Crippen molar-refractivity contribution >= 4 is 11.8 Å². The van der Waals surface area contributed by atoms with E-state index >= 15 is 0 Å². The fraction of sp³-hybridized carbons (Fsp3) is 0.647. The topological polar surface area (TPSA) is 113 Å². The van der Waals surface area contributed by atoms with Gasteiger partial charge >= 0.3 is 0 Å². The summed E-state index contributed by atoms with van der Waals surface area (Å²) < 4.78 is 0. The summed E-state index contributed by atoms with van der Waals surface area (Å²) in [5.74, 6) is -0.147. The largest absolute Gasteiger partial charge is 0.395 e. The minimum absolute atomic E-state index is 0.0734. The molecular formula is C17H34N4O3. The number of amides is 2. The maximum absolute atomic E-state index is 11.2. The van der Waals surface area contributed by atoms with Crippen molar-refractivity contribution in [3.63, 3.8) is 0 Å². The quantitative estimate of drug-likeness (QED) is 0.468. The van der Waals surface area contributed by atoms with Gasteiger partial charge in [-0.3, -0.25) is 9.59 Å². The molecule has 140 valence electrons. The first kappa shape index (κ1) is 24.6. The lowest BCUT2D eigenvalue weighted by molar-refractivity contribution is -0.134. The Morgan fingerprint density at radius 3 is 1.50 bits per heavy atom. The lowest BCUT2D eigenvalue weighted by atomic mass is 10.3. The Balaban J connectivity index is 0. The molecule has 0 aromatic carbocycles. The van der Waals surface area contributed by atoms with Crippen LogP contribution in [0.25, 0.3) is 0 Å². The molecule has 1 aliphatic rings. The fourth-order valence-electron chi connectivity index (χ4n) is 1.80. The van der Waals surface area contributed by atoms with Gasteiger partial charge in [-0.1, -0.05) is 32.9 Å². The first-order chi connectivity index (χ1) is 11.5. The molecule has 0 unspecified atom stereocenters. The molecule has 5 N–H and O–H groups in total. The lowest BCUT2D eigenvalue weighted by Crippen LogP contribution is -2.49. The van der Waals surface area contributed by atoms with Crippen molar-refractivity contribution in [2.75, 3.05) is 45.9 Å². The van der Waals surface area contributed by atoms with Gasteiger partial charge in [0.1, 0.15) is 0 Å². The summed E-state index contributed by atoms with van der Waals surface area (Å²) >= 11 is 0. The second-order valence-corrected chi connectivity index (χ2v) is 5.07. The zero-order chi connectivity index (χ0) is 18.8. The Bertz CT molecular complexity index is 320. The Labute approximate surface area is 146 Å². The van der Waals surface area contributed by atoms with Gasteiger partial charge in [0.25, 0.3) is 0 Å². The summed E-state index contributed by atoms with van der Waals surface area (Å²) in [6.07, 6.45) is 6.35. The second-order valence-electron chi connectivity index (χ2n) is 5.07. The van der Waals surface area contributed by atoms with Gasteiger partial charge in [0, 0.05) is 32.7 Å². The number of piperazine rings is 1. The molecule has 1 fully saturated rings. The minimum Gasteiger partial charge on any atom is -0.395 e.